The van der Waals surface area contributed by atoms with Crippen molar-refractivity contribution in [2.45, 2.75) is 0 Å². The number of hydrogen-bond donors (Lipinski definition) is 0. The summed E-state index contributed by atoms with van der Waals surface area (Å²) in [7, 11) is 3.24. The van der Waals surface area contributed by atoms with Gasteiger partial charge in [0.25, 0.3) is 0 Å². The summed E-state index contributed by atoms with van der Waals surface area (Å²) < 4.78 is 22.7. The molecule has 0 aliphatic carbocycles. The summed E-state index contributed by atoms with van der Waals surface area (Å²) in [6.45, 7) is 0.0967. The maximum atomic E-state index is 9.93. The van der Waals surface area contributed by atoms with Crippen LogP contribution < -0.4 is 18.9 Å². The van der Waals surface area contributed by atoms with E-state index in [9.17, 15) is 10.5 Å². The highest BCUT2D eigenvalue weighted by Crippen LogP contribution is 2.47. The van der Waals surface area contributed by atoms with E-state index in [0.717, 1.165) is 77.9 Å². The molecule has 0 radical (unpaired) electrons. The minimum absolute atomic E-state index is 0.0967. The average molecular weight is 613 g/mol. The normalized spacial score (nSPS) is 12.5. The second-order valence-corrected chi connectivity index (χ2v) is 11.0. The van der Waals surface area contributed by atoms with Crippen molar-refractivity contribution in [3.8, 4) is 46.3 Å². The number of benzene rings is 6. The Balaban J connectivity index is 1.31. The Morgan fingerprint density at radius 1 is 0.574 bits per heavy atom. The quantitative estimate of drug-likeness (QED) is 0.138. The van der Waals surface area contributed by atoms with Gasteiger partial charge in [-0.05, 0) is 129 Å². The van der Waals surface area contributed by atoms with E-state index in [1.165, 1.54) is 0 Å². The van der Waals surface area contributed by atoms with Crippen LogP contribution >= 0.6 is 0 Å². The van der Waals surface area contributed by atoms with Gasteiger partial charge >= 0.3 is 0 Å². The molecule has 47 heavy (non-hydrogen) atoms. The molecule has 0 amide bonds. The van der Waals surface area contributed by atoms with E-state index in [2.05, 4.69) is 36.4 Å². The van der Waals surface area contributed by atoms with E-state index < -0.39 is 0 Å². The zero-order valence-corrected chi connectivity index (χ0v) is 25.8. The third kappa shape index (κ3) is 5.61. The van der Waals surface area contributed by atoms with Crippen LogP contribution in [0.1, 0.15) is 22.3 Å². The van der Waals surface area contributed by atoms with Gasteiger partial charge in [-0.15, -0.1) is 0 Å². The van der Waals surface area contributed by atoms with Crippen molar-refractivity contribution in [3.05, 3.63) is 131 Å². The van der Waals surface area contributed by atoms with Crippen LogP contribution in [-0.2, 0) is 0 Å². The van der Waals surface area contributed by atoms with E-state index in [-0.39, 0.29) is 6.79 Å². The molecule has 1 aliphatic heterocycles. The first-order valence-electron chi connectivity index (χ1n) is 15.0. The third-order valence-electron chi connectivity index (χ3n) is 8.36. The standard InChI is InChI=1S/C41H28N2O4/c1-44-34-11-5-28(6-12-34)32(23-42)21-26-3-15-36-30(19-26)9-17-38-40(36)41-37-16-4-27(20-31(37)10-18-39(41)47-25-46-38)22-33(24-43)29-7-13-35(45-2)14-8-29/h3-22H,25H2,1-2H3/b32-21-,33-22-. The van der Waals surface area contributed by atoms with Crippen molar-refractivity contribution in [3.63, 3.8) is 0 Å². The van der Waals surface area contributed by atoms with Crippen molar-refractivity contribution in [1.82, 2.24) is 0 Å². The van der Waals surface area contributed by atoms with Crippen LogP contribution in [0.4, 0.5) is 0 Å². The molecule has 1 aliphatic rings. The molecule has 0 aromatic heterocycles. The summed E-state index contributed by atoms with van der Waals surface area (Å²) in [5, 5.41) is 23.9. The highest BCUT2D eigenvalue weighted by Gasteiger charge is 2.22. The fourth-order valence-electron chi connectivity index (χ4n) is 5.98. The van der Waals surface area contributed by atoms with Gasteiger partial charge in [0, 0.05) is 11.1 Å². The number of nitriles is 2. The van der Waals surface area contributed by atoms with E-state index in [4.69, 9.17) is 18.9 Å². The molecule has 0 saturated carbocycles. The molecule has 0 atom stereocenters. The van der Waals surface area contributed by atoms with Crippen molar-refractivity contribution in [2.75, 3.05) is 21.0 Å². The monoisotopic (exact) mass is 612 g/mol. The van der Waals surface area contributed by atoms with Crippen LogP contribution in [0, 0.1) is 22.7 Å². The first-order valence-corrected chi connectivity index (χ1v) is 15.0. The van der Waals surface area contributed by atoms with Crippen LogP contribution in [0.3, 0.4) is 0 Å². The Hall–Kier alpha value is -6.50. The smallest absolute Gasteiger partial charge is 0.230 e. The molecule has 7 rings (SSSR count). The molecular weight excluding hydrogens is 584 g/mol. The maximum Gasteiger partial charge on any atom is 0.230 e. The average Bonchev–Trinajstić information content (AvgIpc) is 3.32. The van der Waals surface area contributed by atoms with Crippen LogP contribution in [0.25, 0.3) is 56.0 Å². The van der Waals surface area contributed by atoms with Gasteiger partial charge in [-0.1, -0.05) is 36.4 Å². The van der Waals surface area contributed by atoms with E-state index in [1.807, 2.05) is 97.1 Å². The summed E-state index contributed by atoms with van der Waals surface area (Å²) in [5.74, 6) is 2.95. The third-order valence-corrected chi connectivity index (χ3v) is 8.36. The second kappa shape index (κ2) is 12.5. The number of rotatable bonds is 6. The minimum atomic E-state index is 0.0967. The van der Waals surface area contributed by atoms with Gasteiger partial charge in [0.2, 0.25) is 6.79 Å². The topological polar surface area (TPSA) is 84.5 Å². The Kier molecular flexibility index (Phi) is 7.76. The molecule has 6 nitrogen and oxygen atoms in total. The number of fused-ring (bicyclic) bond motifs is 7. The SMILES string of the molecule is COc1ccc(/C(C#N)=C\c2ccc3c4c(ccc3c2)OCOc2ccc3cc(/C=C(/C#N)c5ccc(OC)cc5)ccc3c2-4)cc1. The highest BCUT2D eigenvalue weighted by molar-refractivity contribution is 6.11. The van der Waals surface area contributed by atoms with Gasteiger partial charge < -0.3 is 18.9 Å². The first kappa shape index (κ1) is 29.2. The van der Waals surface area contributed by atoms with Gasteiger partial charge in [-0.3, -0.25) is 0 Å². The highest BCUT2D eigenvalue weighted by atomic mass is 16.7. The molecule has 0 bridgehead atoms. The summed E-state index contributed by atoms with van der Waals surface area (Å²) in [6.07, 6.45) is 3.79. The summed E-state index contributed by atoms with van der Waals surface area (Å²) in [5.41, 5.74) is 6.49. The van der Waals surface area contributed by atoms with Crippen molar-refractivity contribution >= 4 is 44.8 Å². The number of methoxy groups -OCH3 is 2. The zero-order chi connectivity index (χ0) is 32.3. The number of hydrogen-bond acceptors (Lipinski definition) is 6. The largest absolute Gasteiger partial charge is 0.497 e. The fraction of sp³-hybridized carbons (Fsp3) is 0.0732. The van der Waals surface area contributed by atoms with Gasteiger partial charge in [-0.25, -0.2) is 0 Å². The Labute approximate surface area is 272 Å². The number of allylic oxidation sites excluding steroid dienone is 2. The summed E-state index contributed by atoms with van der Waals surface area (Å²) in [6, 6.07) is 40.0. The Bertz CT molecular complexity index is 2140. The van der Waals surface area contributed by atoms with Gasteiger partial charge in [0.05, 0.1) is 37.5 Å². The van der Waals surface area contributed by atoms with Crippen LogP contribution in [0.2, 0.25) is 0 Å². The molecule has 226 valence electrons. The molecule has 0 unspecified atom stereocenters. The van der Waals surface area contributed by atoms with Crippen LogP contribution in [0.5, 0.6) is 23.0 Å². The molecule has 1 heterocycles. The second-order valence-electron chi connectivity index (χ2n) is 11.0. The molecular formula is C41H28N2O4. The lowest BCUT2D eigenvalue weighted by molar-refractivity contribution is 0.125. The number of ether oxygens (including phenoxy) is 4. The minimum Gasteiger partial charge on any atom is -0.497 e. The van der Waals surface area contributed by atoms with Crippen LogP contribution in [-0.4, -0.2) is 21.0 Å². The zero-order valence-electron chi connectivity index (χ0n) is 25.8. The first-order chi connectivity index (χ1) is 23.1. The van der Waals surface area contributed by atoms with E-state index in [0.29, 0.717) is 11.1 Å². The molecule has 0 fully saturated rings. The molecule has 6 aromatic rings. The maximum absolute atomic E-state index is 9.93. The van der Waals surface area contributed by atoms with Gasteiger partial charge in [0.1, 0.15) is 23.0 Å². The Morgan fingerprint density at radius 3 is 1.38 bits per heavy atom. The molecule has 6 heteroatoms. The molecule has 0 spiro atoms. The molecule has 6 aromatic carbocycles. The molecule has 0 saturated heterocycles. The van der Waals surface area contributed by atoms with E-state index in [1.54, 1.807) is 14.2 Å². The van der Waals surface area contributed by atoms with E-state index >= 15 is 0 Å². The van der Waals surface area contributed by atoms with Gasteiger partial charge in [-0.2, -0.15) is 10.5 Å². The fourth-order valence-corrected chi connectivity index (χ4v) is 5.98. The van der Waals surface area contributed by atoms with Crippen molar-refractivity contribution in [1.29, 1.82) is 10.5 Å². The van der Waals surface area contributed by atoms with Crippen molar-refractivity contribution in [2.24, 2.45) is 0 Å². The number of nitrogens with zero attached hydrogens (tertiary/aromatic N) is 2. The van der Waals surface area contributed by atoms with Crippen molar-refractivity contribution < 1.29 is 18.9 Å². The molecule has 0 N–H and O–H groups in total. The predicted octanol–water partition coefficient (Wildman–Crippen LogP) is 9.53. The summed E-state index contributed by atoms with van der Waals surface area (Å²) >= 11 is 0. The van der Waals surface area contributed by atoms with Gasteiger partial charge in [0.15, 0.2) is 0 Å². The lowest BCUT2D eigenvalue weighted by atomic mass is 9.90. The summed E-state index contributed by atoms with van der Waals surface area (Å²) in [4.78, 5) is 0. The lowest BCUT2D eigenvalue weighted by Crippen LogP contribution is -2.03. The van der Waals surface area contributed by atoms with Crippen LogP contribution in [0.15, 0.2) is 109 Å². The Morgan fingerprint density at radius 2 is 1.00 bits per heavy atom. The predicted molar refractivity (Wildman–Crippen MR) is 186 cm³/mol. The lowest BCUT2D eigenvalue weighted by Gasteiger charge is -2.14.